The van der Waals surface area contributed by atoms with Crippen molar-refractivity contribution in [3.05, 3.63) is 41.1 Å². The molecule has 0 saturated heterocycles. The highest BCUT2D eigenvalue weighted by molar-refractivity contribution is 9.10. The molecule has 0 radical (unpaired) electrons. The van der Waals surface area contributed by atoms with E-state index >= 15 is 0 Å². The zero-order valence-electron chi connectivity index (χ0n) is 9.35. The van der Waals surface area contributed by atoms with Gasteiger partial charge in [0, 0.05) is 12.6 Å². The van der Waals surface area contributed by atoms with Crippen LogP contribution < -0.4 is 10.1 Å². The first kappa shape index (κ1) is 11.9. The Balaban J connectivity index is 2.18. The molecule has 1 aromatic heterocycles. The minimum Gasteiger partial charge on any atom is -0.438 e. The van der Waals surface area contributed by atoms with Crippen molar-refractivity contribution in [1.82, 2.24) is 9.97 Å². The lowest BCUT2D eigenvalue weighted by Crippen LogP contribution is -2.00. The Morgan fingerprint density at radius 3 is 2.88 bits per heavy atom. The van der Waals surface area contributed by atoms with E-state index in [-0.39, 0.29) is 0 Å². The lowest BCUT2D eigenvalue weighted by Gasteiger charge is -2.07. The predicted molar refractivity (Wildman–Crippen MR) is 70.4 cm³/mol. The molecule has 0 spiro atoms. The summed E-state index contributed by atoms with van der Waals surface area (Å²) in [4.78, 5) is 8.14. The van der Waals surface area contributed by atoms with Gasteiger partial charge in [-0.3, -0.25) is 0 Å². The van der Waals surface area contributed by atoms with Crippen LogP contribution in [0.5, 0.6) is 11.6 Å². The Bertz CT molecular complexity index is 505. The Hall–Kier alpha value is -1.62. The maximum atomic E-state index is 5.66. The number of aromatic nitrogens is 2. The predicted octanol–water partition coefficient (Wildman–Crippen LogP) is 3.46. The Kier molecular flexibility index (Phi) is 3.93. The lowest BCUT2D eigenvalue weighted by molar-refractivity contribution is 0.459. The number of ether oxygens (including phenoxy) is 1. The smallest absolute Gasteiger partial charge is 0.224 e. The molecule has 2 aromatic rings. The van der Waals surface area contributed by atoms with E-state index < -0.39 is 0 Å². The van der Waals surface area contributed by atoms with E-state index in [0.29, 0.717) is 5.88 Å². The average molecular weight is 294 g/mol. The van der Waals surface area contributed by atoms with Crippen LogP contribution in [-0.2, 0) is 0 Å². The summed E-state index contributed by atoms with van der Waals surface area (Å²) in [6.07, 6.45) is 1.48. The standard InChI is InChI=1S/C12H12BrN3O/c1-2-14-11-7-12(16-8-15-11)17-10-6-4-3-5-9(10)13/h3-8H,2H2,1H3,(H,14,15,16). The molecule has 0 aliphatic heterocycles. The molecule has 1 heterocycles. The molecule has 5 heteroatoms. The summed E-state index contributed by atoms with van der Waals surface area (Å²) in [5, 5.41) is 3.11. The Labute approximate surface area is 108 Å². The van der Waals surface area contributed by atoms with Crippen LogP contribution in [-0.4, -0.2) is 16.5 Å². The highest BCUT2D eigenvalue weighted by Crippen LogP contribution is 2.28. The highest BCUT2D eigenvalue weighted by Gasteiger charge is 2.03. The van der Waals surface area contributed by atoms with Crippen molar-refractivity contribution in [3.63, 3.8) is 0 Å². The fourth-order valence-corrected chi connectivity index (χ4v) is 1.68. The van der Waals surface area contributed by atoms with E-state index in [4.69, 9.17) is 4.74 Å². The van der Waals surface area contributed by atoms with Gasteiger partial charge in [-0.25, -0.2) is 9.97 Å². The average Bonchev–Trinajstić information content (AvgIpc) is 2.33. The normalized spacial score (nSPS) is 10.0. The Morgan fingerprint density at radius 1 is 1.29 bits per heavy atom. The number of nitrogens with zero attached hydrogens (tertiary/aromatic N) is 2. The zero-order chi connectivity index (χ0) is 12.1. The van der Waals surface area contributed by atoms with E-state index in [0.717, 1.165) is 22.6 Å². The first-order valence-electron chi connectivity index (χ1n) is 5.28. The molecular formula is C12H12BrN3O. The van der Waals surface area contributed by atoms with Crippen molar-refractivity contribution in [2.24, 2.45) is 0 Å². The zero-order valence-corrected chi connectivity index (χ0v) is 10.9. The topological polar surface area (TPSA) is 47.0 Å². The molecule has 0 aliphatic rings. The number of rotatable bonds is 4. The maximum Gasteiger partial charge on any atom is 0.224 e. The molecule has 2 rings (SSSR count). The number of hydrogen-bond donors (Lipinski definition) is 1. The van der Waals surface area contributed by atoms with Crippen LogP contribution in [0.4, 0.5) is 5.82 Å². The van der Waals surface area contributed by atoms with Crippen molar-refractivity contribution in [1.29, 1.82) is 0 Å². The molecule has 17 heavy (non-hydrogen) atoms. The highest BCUT2D eigenvalue weighted by atomic mass is 79.9. The van der Waals surface area contributed by atoms with Crippen LogP contribution in [0.15, 0.2) is 41.1 Å². The van der Waals surface area contributed by atoms with Crippen molar-refractivity contribution < 1.29 is 4.74 Å². The molecule has 1 N–H and O–H groups in total. The summed E-state index contributed by atoms with van der Waals surface area (Å²) in [6, 6.07) is 9.40. The molecule has 0 fully saturated rings. The van der Waals surface area contributed by atoms with Crippen molar-refractivity contribution in [3.8, 4) is 11.6 Å². The van der Waals surface area contributed by atoms with E-state index in [9.17, 15) is 0 Å². The monoisotopic (exact) mass is 293 g/mol. The lowest BCUT2D eigenvalue weighted by atomic mass is 10.3. The second kappa shape index (κ2) is 5.63. The van der Waals surface area contributed by atoms with Gasteiger partial charge in [-0.05, 0) is 35.0 Å². The quantitative estimate of drug-likeness (QED) is 0.938. The number of benzene rings is 1. The van der Waals surface area contributed by atoms with Crippen LogP contribution in [0, 0.1) is 0 Å². The van der Waals surface area contributed by atoms with Crippen molar-refractivity contribution >= 4 is 21.7 Å². The SMILES string of the molecule is CCNc1cc(Oc2ccccc2Br)ncn1. The molecule has 0 saturated carbocycles. The summed E-state index contributed by atoms with van der Waals surface area (Å²) in [6.45, 7) is 2.82. The van der Waals surface area contributed by atoms with Gasteiger partial charge >= 0.3 is 0 Å². The molecule has 0 atom stereocenters. The van der Waals surface area contributed by atoms with E-state index in [1.807, 2.05) is 31.2 Å². The number of anilines is 1. The van der Waals surface area contributed by atoms with Gasteiger partial charge in [0.05, 0.1) is 4.47 Å². The number of nitrogens with one attached hydrogen (secondary N) is 1. The van der Waals surface area contributed by atoms with Gasteiger partial charge in [0.15, 0.2) is 0 Å². The van der Waals surface area contributed by atoms with Gasteiger partial charge in [0.1, 0.15) is 17.9 Å². The van der Waals surface area contributed by atoms with Crippen LogP contribution in [0.25, 0.3) is 0 Å². The van der Waals surface area contributed by atoms with Crippen molar-refractivity contribution in [2.75, 3.05) is 11.9 Å². The molecule has 0 unspecified atom stereocenters. The second-order valence-corrected chi connectivity index (χ2v) is 4.16. The minimum absolute atomic E-state index is 0.517. The summed E-state index contributed by atoms with van der Waals surface area (Å²) in [5.74, 6) is 2.00. The first-order chi connectivity index (χ1) is 8.29. The van der Waals surface area contributed by atoms with Gasteiger partial charge in [0.2, 0.25) is 5.88 Å². The molecule has 0 bridgehead atoms. The van der Waals surface area contributed by atoms with Crippen LogP contribution in [0.2, 0.25) is 0 Å². The molecular weight excluding hydrogens is 282 g/mol. The number of hydrogen-bond acceptors (Lipinski definition) is 4. The van der Waals surface area contributed by atoms with E-state index in [1.54, 1.807) is 6.07 Å². The van der Waals surface area contributed by atoms with Crippen LogP contribution in [0.1, 0.15) is 6.92 Å². The van der Waals surface area contributed by atoms with E-state index in [2.05, 4.69) is 31.2 Å². The Morgan fingerprint density at radius 2 is 2.12 bits per heavy atom. The summed E-state index contributed by atoms with van der Waals surface area (Å²) in [7, 11) is 0. The second-order valence-electron chi connectivity index (χ2n) is 3.30. The van der Waals surface area contributed by atoms with Gasteiger partial charge in [-0.2, -0.15) is 0 Å². The minimum atomic E-state index is 0.517. The van der Waals surface area contributed by atoms with E-state index in [1.165, 1.54) is 6.33 Å². The summed E-state index contributed by atoms with van der Waals surface area (Å²) in [5.41, 5.74) is 0. The van der Waals surface area contributed by atoms with Gasteiger partial charge < -0.3 is 10.1 Å². The largest absolute Gasteiger partial charge is 0.438 e. The third-order valence-corrected chi connectivity index (χ3v) is 2.71. The number of halogens is 1. The number of para-hydroxylation sites is 1. The maximum absolute atomic E-state index is 5.66. The van der Waals surface area contributed by atoms with Crippen molar-refractivity contribution in [2.45, 2.75) is 6.92 Å². The molecule has 0 amide bonds. The first-order valence-corrected chi connectivity index (χ1v) is 6.07. The van der Waals surface area contributed by atoms with Crippen LogP contribution in [0.3, 0.4) is 0 Å². The molecule has 4 nitrogen and oxygen atoms in total. The summed E-state index contributed by atoms with van der Waals surface area (Å²) >= 11 is 3.42. The molecule has 88 valence electrons. The molecule has 1 aromatic carbocycles. The van der Waals surface area contributed by atoms with Gasteiger partial charge in [-0.1, -0.05) is 12.1 Å². The summed E-state index contributed by atoms with van der Waals surface area (Å²) < 4.78 is 6.55. The third-order valence-electron chi connectivity index (χ3n) is 2.05. The fourth-order valence-electron chi connectivity index (χ4n) is 1.31. The van der Waals surface area contributed by atoms with Gasteiger partial charge in [-0.15, -0.1) is 0 Å². The third kappa shape index (κ3) is 3.17. The molecule has 0 aliphatic carbocycles. The van der Waals surface area contributed by atoms with Crippen LogP contribution >= 0.6 is 15.9 Å². The van der Waals surface area contributed by atoms with Gasteiger partial charge in [0.25, 0.3) is 0 Å². The fraction of sp³-hybridized carbons (Fsp3) is 0.167.